The first-order chi connectivity index (χ1) is 16.5. The summed E-state index contributed by atoms with van der Waals surface area (Å²) in [5.74, 6) is -0.556. The van der Waals surface area contributed by atoms with Gasteiger partial charge in [-0.2, -0.15) is 0 Å². The maximum atomic E-state index is 12.7. The molecular weight excluding hydrogens is 458 g/mol. The van der Waals surface area contributed by atoms with Crippen LogP contribution in [0.1, 0.15) is 5.56 Å². The Morgan fingerprint density at radius 3 is 2.44 bits per heavy atom. The Morgan fingerprint density at radius 1 is 1.03 bits per heavy atom. The molecular formula is C24H23N3O6S. The van der Waals surface area contributed by atoms with Crippen LogP contribution in [0.5, 0.6) is 5.75 Å². The van der Waals surface area contributed by atoms with E-state index in [9.17, 15) is 19.2 Å². The summed E-state index contributed by atoms with van der Waals surface area (Å²) < 4.78 is 10.8. The first-order valence-corrected chi connectivity index (χ1v) is 11.5. The van der Waals surface area contributed by atoms with Gasteiger partial charge in [0.25, 0.3) is 17.1 Å². The lowest BCUT2D eigenvalue weighted by molar-refractivity contribution is -0.137. The number of anilines is 1. The molecule has 0 saturated carbocycles. The van der Waals surface area contributed by atoms with Gasteiger partial charge < -0.3 is 19.7 Å². The molecule has 9 nitrogen and oxygen atoms in total. The number of nitrogens with zero attached hydrogens (tertiary/aromatic N) is 2. The fourth-order valence-electron chi connectivity index (χ4n) is 3.36. The summed E-state index contributed by atoms with van der Waals surface area (Å²) in [7, 11) is 0. The summed E-state index contributed by atoms with van der Waals surface area (Å²) in [5.41, 5.74) is 1.27. The van der Waals surface area contributed by atoms with Crippen LogP contribution in [0.4, 0.5) is 10.5 Å². The van der Waals surface area contributed by atoms with Crippen LogP contribution in [-0.4, -0.2) is 72.2 Å². The molecule has 2 aromatic rings. The van der Waals surface area contributed by atoms with E-state index < -0.39 is 17.1 Å². The van der Waals surface area contributed by atoms with Crippen molar-refractivity contribution in [2.24, 2.45) is 0 Å². The molecule has 0 spiro atoms. The SMILES string of the molecule is O=C(CN1C(=O)S/C(=C\c2ccc(OCC(=O)N3CCOCC3)cc2)C1=O)Nc1ccccc1. The van der Waals surface area contributed by atoms with Crippen molar-refractivity contribution < 1.29 is 28.7 Å². The van der Waals surface area contributed by atoms with Gasteiger partial charge in [0.05, 0.1) is 18.1 Å². The smallest absolute Gasteiger partial charge is 0.294 e. The van der Waals surface area contributed by atoms with Crippen LogP contribution >= 0.6 is 11.8 Å². The van der Waals surface area contributed by atoms with Crippen molar-refractivity contribution in [3.63, 3.8) is 0 Å². The summed E-state index contributed by atoms with van der Waals surface area (Å²) in [6, 6.07) is 15.6. The van der Waals surface area contributed by atoms with Crippen molar-refractivity contribution >= 4 is 46.5 Å². The number of ether oxygens (including phenoxy) is 2. The predicted octanol–water partition coefficient (Wildman–Crippen LogP) is 2.60. The van der Waals surface area contributed by atoms with Gasteiger partial charge in [0.15, 0.2) is 6.61 Å². The number of benzene rings is 2. The summed E-state index contributed by atoms with van der Waals surface area (Å²) in [6.45, 7) is 1.76. The monoisotopic (exact) mass is 481 g/mol. The van der Waals surface area contributed by atoms with Gasteiger partial charge in [0.1, 0.15) is 12.3 Å². The molecule has 2 aliphatic rings. The number of carbonyl (C=O) groups is 4. The van der Waals surface area contributed by atoms with Gasteiger partial charge in [-0.1, -0.05) is 30.3 Å². The van der Waals surface area contributed by atoms with Crippen molar-refractivity contribution in [1.82, 2.24) is 9.80 Å². The first kappa shape index (κ1) is 23.5. The van der Waals surface area contributed by atoms with Gasteiger partial charge in [0, 0.05) is 18.8 Å². The van der Waals surface area contributed by atoms with Crippen LogP contribution < -0.4 is 10.1 Å². The molecule has 4 rings (SSSR count). The zero-order chi connectivity index (χ0) is 23.9. The molecule has 2 aromatic carbocycles. The maximum absolute atomic E-state index is 12.7. The minimum absolute atomic E-state index is 0.0662. The van der Waals surface area contributed by atoms with E-state index in [1.54, 1.807) is 59.5 Å². The highest BCUT2D eigenvalue weighted by molar-refractivity contribution is 8.18. The van der Waals surface area contributed by atoms with E-state index in [0.29, 0.717) is 43.3 Å². The Balaban J connectivity index is 1.31. The second kappa shape index (κ2) is 11.0. The summed E-state index contributed by atoms with van der Waals surface area (Å²) in [6.07, 6.45) is 1.59. The van der Waals surface area contributed by atoms with Gasteiger partial charge in [-0.25, -0.2) is 0 Å². The number of morpholine rings is 1. The van der Waals surface area contributed by atoms with Crippen LogP contribution in [0.3, 0.4) is 0 Å². The van der Waals surface area contributed by atoms with Crippen LogP contribution in [-0.2, 0) is 19.1 Å². The molecule has 2 aliphatic heterocycles. The molecule has 1 N–H and O–H groups in total. The molecule has 2 fully saturated rings. The Hall–Kier alpha value is -3.63. The van der Waals surface area contributed by atoms with Crippen LogP contribution in [0.2, 0.25) is 0 Å². The van der Waals surface area contributed by atoms with Crippen molar-refractivity contribution in [1.29, 1.82) is 0 Å². The van der Waals surface area contributed by atoms with E-state index in [-0.39, 0.29) is 24.0 Å². The number of hydrogen-bond donors (Lipinski definition) is 1. The van der Waals surface area contributed by atoms with E-state index in [1.807, 2.05) is 6.07 Å². The number of thioether (sulfide) groups is 1. The Bertz CT molecular complexity index is 1100. The average Bonchev–Trinajstić information content (AvgIpc) is 3.11. The highest BCUT2D eigenvalue weighted by atomic mass is 32.2. The number of nitrogens with one attached hydrogen (secondary N) is 1. The summed E-state index contributed by atoms with van der Waals surface area (Å²) in [5, 5.41) is 2.16. The van der Waals surface area contributed by atoms with Crippen molar-refractivity contribution in [3.8, 4) is 5.75 Å². The van der Waals surface area contributed by atoms with Crippen molar-refractivity contribution in [2.45, 2.75) is 0 Å². The van der Waals surface area contributed by atoms with E-state index in [0.717, 1.165) is 16.7 Å². The Kier molecular flexibility index (Phi) is 7.61. The highest BCUT2D eigenvalue weighted by Crippen LogP contribution is 2.32. The van der Waals surface area contributed by atoms with Crippen LogP contribution in [0, 0.1) is 0 Å². The number of carbonyl (C=O) groups excluding carboxylic acids is 4. The van der Waals surface area contributed by atoms with Crippen molar-refractivity contribution in [2.75, 3.05) is 44.8 Å². The number of imide groups is 1. The lowest BCUT2D eigenvalue weighted by Gasteiger charge is -2.26. The molecule has 2 saturated heterocycles. The summed E-state index contributed by atoms with van der Waals surface area (Å²) in [4.78, 5) is 52.2. The second-order valence-electron chi connectivity index (χ2n) is 7.53. The third-order valence-corrected chi connectivity index (χ3v) is 6.04. The van der Waals surface area contributed by atoms with E-state index in [2.05, 4.69) is 5.32 Å². The molecule has 34 heavy (non-hydrogen) atoms. The van der Waals surface area contributed by atoms with Crippen LogP contribution in [0.25, 0.3) is 6.08 Å². The molecule has 2 heterocycles. The Morgan fingerprint density at radius 2 is 1.74 bits per heavy atom. The molecule has 0 atom stereocenters. The molecule has 0 aliphatic carbocycles. The molecule has 4 amide bonds. The van der Waals surface area contributed by atoms with E-state index in [4.69, 9.17) is 9.47 Å². The summed E-state index contributed by atoms with van der Waals surface area (Å²) >= 11 is 0.786. The standard InChI is InChI=1S/C24H23N3O6S/c28-21(25-18-4-2-1-3-5-18)15-27-23(30)20(34-24(27)31)14-17-6-8-19(9-7-17)33-16-22(29)26-10-12-32-13-11-26/h1-9,14H,10-13,15-16H2,(H,25,28)/b20-14-. The van der Waals surface area contributed by atoms with E-state index >= 15 is 0 Å². The zero-order valence-electron chi connectivity index (χ0n) is 18.3. The zero-order valence-corrected chi connectivity index (χ0v) is 19.1. The van der Waals surface area contributed by atoms with Gasteiger partial charge in [0.2, 0.25) is 5.91 Å². The first-order valence-electron chi connectivity index (χ1n) is 10.7. The fraction of sp³-hybridized carbons (Fsp3) is 0.250. The molecule has 0 radical (unpaired) electrons. The number of rotatable bonds is 7. The largest absolute Gasteiger partial charge is 0.484 e. The second-order valence-corrected chi connectivity index (χ2v) is 8.53. The average molecular weight is 482 g/mol. The minimum atomic E-state index is -0.519. The third kappa shape index (κ3) is 6.03. The van der Waals surface area contributed by atoms with E-state index in [1.165, 1.54) is 0 Å². The van der Waals surface area contributed by atoms with Gasteiger partial charge >= 0.3 is 0 Å². The highest BCUT2D eigenvalue weighted by Gasteiger charge is 2.36. The van der Waals surface area contributed by atoms with Gasteiger partial charge in [-0.15, -0.1) is 0 Å². The topological polar surface area (TPSA) is 105 Å². The predicted molar refractivity (Wildman–Crippen MR) is 127 cm³/mol. The normalized spacial score (nSPS) is 17.2. The number of amides is 4. The molecule has 0 aromatic heterocycles. The minimum Gasteiger partial charge on any atom is -0.484 e. The molecule has 0 bridgehead atoms. The maximum Gasteiger partial charge on any atom is 0.294 e. The lowest BCUT2D eigenvalue weighted by atomic mass is 10.2. The number of hydrogen-bond acceptors (Lipinski definition) is 7. The number of para-hydroxylation sites is 1. The third-order valence-electron chi connectivity index (χ3n) is 5.14. The van der Waals surface area contributed by atoms with Gasteiger partial charge in [-0.05, 0) is 47.7 Å². The Labute approximate surface area is 200 Å². The molecule has 10 heteroatoms. The van der Waals surface area contributed by atoms with Crippen molar-refractivity contribution in [3.05, 3.63) is 65.1 Å². The fourth-order valence-corrected chi connectivity index (χ4v) is 4.20. The van der Waals surface area contributed by atoms with Gasteiger partial charge in [-0.3, -0.25) is 24.1 Å². The molecule has 176 valence electrons. The lowest BCUT2D eigenvalue weighted by Crippen LogP contribution is -2.42. The van der Waals surface area contributed by atoms with Crippen LogP contribution in [0.15, 0.2) is 59.5 Å². The quantitative estimate of drug-likeness (QED) is 0.606. The molecule has 0 unspecified atom stereocenters.